The van der Waals surface area contributed by atoms with E-state index in [1.165, 1.54) is 0 Å². The smallest absolute Gasteiger partial charge is 0.239 e. The molecule has 0 bridgehead atoms. The number of carbonyl (C=O) groups is 1. The van der Waals surface area contributed by atoms with Crippen molar-refractivity contribution in [2.45, 2.75) is 31.3 Å². The van der Waals surface area contributed by atoms with Gasteiger partial charge in [0.15, 0.2) is 0 Å². The summed E-state index contributed by atoms with van der Waals surface area (Å²) in [6, 6.07) is -0.183. The molecule has 2 heterocycles. The first-order valence-corrected chi connectivity index (χ1v) is 6.38. The number of hydrogen-bond acceptors (Lipinski definition) is 4. The van der Waals surface area contributed by atoms with Crippen molar-refractivity contribution in [2.24, 2.45) is 11.7 Å². The second kappa shape index (κ2) is 7.28. The van der Waals surface area contributed by atoms with E-state index < -0.39 is 0 Å². The van der Waals surface area contributed by atoms with Gasteiger partial charge >= 0.3 is 0 Å². The van der Waals surface area contributed by atoms with Crippen LogP contribution in [-0.4, -0.2) is 56.4 Å². The molecule has 0 aromatic carbocycles. The predicted molar refractivity (Wildman–Crippen MR) is 70.8 cm³/mol. The quantitative estimate of drug-likeness (QED) is 0.812. The fourth-order valence-corrected chi connectivity index (χ4v) is 2.52. The van der Waals surface area contributed by atoms with Crippen LogP contribution in [0.5, 0.6) is 0 Å². The molecule has 2 unspecified atom stereocenters. The standard InChI is InChI=1S/C12H22N2O3.ClH/c1-14(10-4-7-17-8-10)12(15)11(13)9-2-5-16-6-3-9;/h9-11H,2-8,13H2,1H3;1H. The van der Waals surface area contributed by atoms with Gasteiger partial charge in [0, 0.05) is 26.9 Å². The molecule has 106 valence electrons. The van der Waals surface area contributed by atoms with Crippen LogP contribution < -0.4 is 5.73 Å². The zero-order valence-corrected chi connectivity index (χ0v) is 11.7. The first-order chi connectivity index (χ1) is 8.20. The van der Waals surface area contributed by atoms with Gasteiger partial charge < -0.3 is 20.1 Å². The van der Waals surface area contributed by atoms with Gasteiger partial charge in [-0.15, -0.1) is 12.4 Å². The van der Waals surface area contributed by atoms with E-state index in [1.807, 2.05) is 7.05 Å². The molecular weight excluding hydrogens is 256 g/mol. The van der Waals surface area contributed by atoms with Crippen LogP contribution in [0.1, 0.15) is 19.3 Å². The van der Waals surface area contributed by atoms with Crippen LogP contribution >= 0.6 is 12.4 Å². The maximum atomic E-state index is 12.2. The lowest BCUT2D eigenvalue weighted by Crippen LogP contribution is -2.51. The van der Waals surface area contributed by atoms with Crippen molar-refractivity contribution in [3.05, 3.63) is 0 Å². The highest BCUT2D eigenvalue weighted by molar-refractivity contribution is 5.85. The van der Waals surface area contributed by atoms with Gasteiger partial charge in [-0.05, 0) is 25.2 Å². The summed E-state index contributed by atoms with van der Waals surface area (Å²) in [4.78, 5) is 14.0. The third-order valence-corrected chi connectivity index (χ3v) is 3.86. The SMILES string of the molecule is CN(C(=O)C(N)C1CCOCC1)C1CCOC1.Cl. The molecule has 2 N–H and O–H groups in total. The van der Waals surface area contributed by atoms with E-state index in [0.29, 0.717) is 6.61 Å². The Bertz CT molecular complexity index is 266. The summed E-state index contributed by atoms with van der Waals surface area (Å²) < 4.78 is 10.6. The van der Waals surface area contributed by atoms with Crippen LogP contribution in [-0.2, 0) is 14.3 Å². The van der Waals surface area contributed by atoms with Crippen molar-refractivity contribution in [3.63, 3.8) is 0 Å². The van der Waals surface area contributed by atoms with E-state index in [2.05, 4.69) is 0 Å². The predicted octanol–water partition coefficient (Wildman–Crippen LogP) is 0.409. The van der Waals surface area contributed by atoms with Crippen molar-refractivity contribution in [3.8, 4) is 0 Å². The van der Waals surface area contributed by atoms with Crippen molar-refractivity contribution in [1.29, 1.82) is 0 Å². The van der Waals surface area contributed by atoms with Crippen LogP contribution in [0.25, 0.3) is 0 Å². The minimum atomic E-state index is -0.385. The lowest BCUT2D eigenvalue weighted by molar-refractivity contribution is -0.135. The molecule has 0 aliphatic carbocycles. The first kappa shape index (κ1) is 15.7. The molecule has 5 nitrogen and oxygen atoms in total. The van der Waals surface area contributed by atoms with Crippen LogP contribution in [0.4, 0.5) is 0 Å². The molecule has 2 saturated heterocycles. The molecule has 0 saturated carbocycles. The zero-order valence-electron chi connectivity index (χ0n) is 10.8. The fraction of sp³-hybridized carbons (Fsp3) is 0.917. The molecule has 0 aromatic heterocycles. The summed E-state index contributed by atoms with van der Waals surface area (Å²) in [5.74, 6) is 0.313. The van der Waals surface area contributed by atoms with Gasteiger partial charge in [0.1, 0.15) is 0 Å². The largest absolute Gasteiger partial charge is 0.381 e. The number of carbonyl (C=O) groups excluding carboxylic acids is 1. The van der Waals surface area contributed by atoms with Crippen LogP contribution in [0.15, 0.2) is 0 Å². The van der Waals surface area contributed by atoms with Crippen molar-refractivity contribution in [2.75, 3.05) is 33.5 Å². The van der Waals surface area contributed by atoms with E-state index in [1.54, 1.807) is 4.90 Å². The van der Waals surface area contributed by atoms with Crippen molar-refractivity contribution in [1.82, 2.24) is 4.90 Å². The van der Waals surface area contributed by atoms with E-state index in [9.17, 15) is 4.79 Å². The molecule has 18 heavy (non-hydrogen) atoms. The number of ether oxygens (including phenoxy) is 2. The maximum Gasteiger partial charge on any atom is 0.239 e. The van der Waals surface area contributed by atoms with Gasteiger partial charge in [0.05, 0.1) is 18.7 Å². The third kappa shape index (κ3) is 3.57. The number of rotatable bonds is 3. The summed E-state index contributed by atoms with van der Waals surface area (Å²) in [7, 11) is 1.83. The van der Waals surface area contributed by atoms with E-state index in [4.69, 9.17) is 15.2 Å². The van der Waals surface area contributed by atoms with Gasteiger partial charge in [0.25, 0.3) is 0 Å². The molecule has 2 fully saturated rings. The summed E-state index contributed by atoms with van der Waals surface area (Å²) in [6.45, 7) is 2.83. The number of amides is 1. The fourth-order valence-electron chi connectivity index (χ4n) is 2.52. The van der Waals surface area contributed by atoms with E-state index >= 15 is 0 Å². The highest BCUT2D eigenvalue weighted by atomic mass is 35.5. The van der Waals surface area contributed by atoms with Crippen LogP contribution in [0.3, 0.4) is 0 Å². The molecule has 0 spiro atoms. The Morgan fingerprint density at radius 2 is 1.83 bits per heavy atom. The van der Waals surface area contributed by atoms with E-state index in [-0.39, 0.29) is 36.3 Å². The minimum Gasteiger partial charge on any atom is -0.381 e. The Hall–Kier alpha value is -0.360. The average molecular weight is 279 g/mol. The molecule has 0 aromatic rings. The molecule has 6 heteroatoms. The van der Waals surface area contributed by atoms with Gasteiger partial charge in [-0.25, -0.2) is 0 Å². The molecule has 1 amide bonds. The number of halogens is 1. The van der Waals surface area contributed by atoms with Gasteiger partial charge in [-0.3, -0.25) is 4.79 Å². The number of likely N-dealkylation sites (N-methyl/N-ethyl adjacent to an activating group) is 1. The Morgan fingerprint density at radius 3 is 2.39 bits per heavy atom. The Balaban J connectivity index is 0.00000162. The maximum absolute atomic E-state index is 12.2. The monoisotopic (exact) mass is 278 g/mol. The van der Waals surface area contributed by atoms with Crippen molar-refractivity contribution >= 4 is 18.3 Å². The second-order valence-corrected chi connectivity index (χ2v) is 4.94. The Morgan fingerprint density at radius 1 is 1.22 bits per heavy atom. The lowest BCUT2D eigenvalue weighted by Gasteiger charge is -2.32. The molecular formula is C12H23ClN2O3. The Kier molecular flexibility index (Phi) is 6.35. The highest BCUT2D eigenvalue weighted by Gasteiger charge is 2.32. The molecule has 0 radical (unpaired) electrons. The third-order valence-electron chi connectivity index (χ3n) is 3.86. The van der Waals surface area contributed by atoms with Crippen molar-refractivity contribution < 1.29 is 14.3 Å². The molecule has 2 atom stereocenters. The normalized spacial score (nSPS) is 26.4. The lowest BCUT2D eigenvalue weighted by atomic mass is 9.91. The topological polar surface area (TPSA) is 64.8 Å². The van der Waals surface area contributed by atoms with Gasteiger partial charge in [-0.1, -0.05) is 0 Å². The zero-order chi connectivity index (χ0) is 12.3. The molecule has 2 aliphatic rings. The highest BCUT2D eigenvalue weighted by Crippen LogP contribution is 2.20. The Labute approximate surface area is 114 Å². The van der Waals surface area contributed by atoms with Gasteiger partial charge in [0.2, 0.25) is 5.91 Å². The van der Waals surface area contributed by atoms with Crippen LogP contribution in [0.2, 0.25) is 0 Å². The number of nitrogens with two attached hydrogens (primary N) is 1. The summed E-state index contributed by atoms with van der Waals surface area (Å²) in [5.41, 5.74) is 6.07. The van der Waals surface area contributed by atoms with Crippen LogP contribution in [0, 0.1) is 5.92 Å². The van der Waals surface area contributed by atoms with Gasteiger partial charge in [-0.2, -0.15) is 0 Å². The average Bonchev–Trinajstić information content (AvgIpc) is 2.91. The minimum absolute atomic E-state index is 0. The van der Waals surface area contributed by atoms with E-state index in [0.717, 1.165) is 39.1 Å². The molecule has 2 rings (SSSR count). The summed E-state index contributed by atoms with van der Waals surface area (Å²) in [5, 5.41) is 0. The molecule has 2 aliphatic heterocycles. The summed E-state index contributed by atoms with van der Waals surface area (Å²) >= 11 is 0. The number of hydrogen-bond donors (Lipinski definition) is 1. The number of nitrogens with zero attached hydrogens (tertiary/aromatic N) is 1. The second-order valence-electron chi connectivity index (χ2n) is 4.94. The first-order valence-electron chi connectivity index (χ1n) is 6.38. The summed E-state index contributed by atoms with van der Waals surface area (Å²) in [6.07, 6.45) is 2.70.